The van der Waals surface area contributed by atoms with Gasteiger partial charge in [-0.25, -0.2) is 9.78 Å². The van der Waals surface area contributed by atoms with Gasteiger partial charge in [0.05, 0.1) is 0 Å². The number of rotatable bonds is 11. The van der Waals surface area contributed by atoms with Gasteiger partial charge in [-0.15, -0.1) is 0 Å². The molecule has 0 saturated carbocycles. The van der Waals surface area contributed by atoms with Gasteiger partial charge in [-0.2, -0.15) is 0 Å². The van der Waals surface area contributed by atoms with Crippen LogP contribution in [0, 0.1) is 5.92 Å². The number of carbonyl (C=O) groups excluding carboxylic acids is 1. The minimum absolute atomic E-state index is 0.193. The number of aryl methyl sites for hydroxylation is 1. The van der Waals surface area contributed by atoms with E-state index in [-0.39, 0.29) is 23.1 Å². The number of amides is 2. The summed E-state index contributed by atoms with van der Waals surface area (Å²) < 4.78 is 7.80. The van der Waals surface area contributed by atoms with Crippen LogP contribution in [0.5, 0.6) is 5.75 Å². The number of benzene rings is 2. The Kier molecular flexibility index (Phi) is 10.2. The van der Waals surface area contributed by atoms with Gasteiger partial charge >= 0.3 is 6.03 Å². The third kappa shape index (κ3) is 7.28. The van der Waals surface area contributed by atoms with Crippen molar-refractivity contribution in [2.24, 2.45) is 5.92 Å². The Balaban J connectivity index is 1.62. The third-order valence-corrected chi connectivity index (χ3v) is 8.05. The number of hydrogen-bond donors (Lipinski definition) is 2. The highest BCUT2D eigenvalue weighted by molar-refractivity contribution is 6.07. The molecule has 0 saturated heterocycles. The summed E-state index contributed by atoms with van der Waals surface area (Å²) in [5, 5.41) is 6.87. The maximum atomic E-state index is 14.4. The van der Waals surface area contributed by atoms with E-state index in [1.807, 2.05) is 66.7 Å². The quantitative estimate of drug-likeness (QED) is 0.154. The van der Waals surface area contributed by atoms with Crippen LogP contribution in [0.4, 0.5) is 16.2 Å². The van der Waals surface area contributed by atoms with Gasteiger partial charge in [0.25, 0.3) is 5.56 Å². The first-order valence-electron chi connectivity index (χ1n) is 16.0. The zero-order chi connectivity index (χ0) is 32.8. The molecule has 8 heteroatoms. The average Bonchev–Trinajstić information content (AvgIpc) is 3.04. The summed E-state index contributed by atoms with van der Waals surface area (Å²) in [4.78, 5) is 37.1. The van der Waals surface area contributed by atoms with Gasteiger partial charge < -0.3 is 15.4 Å². The Hall–Kier alpha value is -4.98. The van der Waals surface area contributed by atoms with E-state index in [0.29, 0.717) is 36.0 Å². The minimum Gasteiger partial charge on any atom is -0.489 e. The number of carbonyl (C=O) groups is 1. The molecule has 8 nitrogen and oxygen atoms in total. The van der Waals surface area contributed by atoms with E-state index in [9.17, 15) is 9.59 Å². The van der Waals surface area contributed by atoms with Crippen LogP contribution in [0.1, 0.15) is 76.5 Å². The molecule has 5 rings (SSSR count). The zero-order valence-corrected chi connectivity index (χ0v) is 27.5. The fourth-order valence-corrected chi connectivity index (χ4v) is 5.64. The third-order valence-electron chi connectivity index (χ3n) is 8.05. The fraction of sp³-hybridized carbons (Fsp3) is 0.316. The molecular weight excluding hydrogens is 574 g/mol. The predicted octanol–water partition coefficient (Wildman–Crippen LogP) is 8.97. The molecule has 5 aromatic rings. The molecule has 3 heterocycles. The highest BCUT2D eigenvalue weighted by Gasteiger charge is 2.23. The van der Waals surface area contributed by atoms with Crippen molar-refractivity contribution in [1.82, 2.24) is 14.5 Å². The van der Waals surface area contributed by atoms with Crippen LogP contribution in [-0.4, -0.2) is 20.6 Å². The molecule has 0 atom stereocenters. The van der Waals surface area contributed by atoms with Gasteiger partial charge in [-0.1, -0.05) is 77.9 Å². The Morgan fingerprint density at radius 3 is 2.22 bits per heavy atom. The molecule has 2 amide bonds. The van der Waals surface area contributed by atoms with E-state index >= 15 is 0 Å². The van der Waals surface area contributed by atoms with Gasteiger partial charge in [-0.05, 0) is 71.2 Å². The molecule has 0 spiro atoms. The molecule has 0 aliphatic heterocycles. The number of anilines is 2. The minimum atomic E-state index is -0.476. The zero-order valence-electron chi connectivity index (χ0n) is 27.5. The van der Waals surface area contributed by atoms with E-state index in [0.717, 1.165) is 39.7 Å². The van der Waals surface area contributed by atoms with Crippen molar-refractivity contribution in [3.05, 3.63) is 112 Å². The summed E-state index contributed by atoms with van der Waals surface area (Å²) in [6.07, 6.45) is 5.97. The standard InChI is InChI=1S/C38H43N5O3/c1-24(2)17-20-43-36-32(16-10-19-40-36)33(28-12-7-13-29(21-28)46-23-27-11-9-18-39-22-27)35(37(43)44)42-38(45)41-34-30(25(3)4)14-8-15-31(34)26(5)6/h7-16,18-19,21-22,24-26H,17,20,23H2,1-6H3,(H2,41,42,45). The number of nitrogens with one attached hydrogen (secondary N) is 2. The SMILES string of the molecule is CC(C)CCn1c(=O)c(NC(=O)Nc2c(C(C)C)cccc2C(C)C)c(-c2cccc(OCc3cccnc3)c2)c2cccnc21. The normalized spacial score (nSPS) is 11.4. The molecule has 2 N–H and O–H groups in total. The second kappa shape index (κ2) is 14.4. The first-order chi connectivity index (χ1) is 22.1. The van der Waals surface area contributed by atoms with Crippen molar-refractivity contribution in [2.45, 2.75) is 73.0 Å². The fourth-order valence-electron chi connectivity index (χ4n) is 5.64. The summed E-state index contributed by atoms with van der Waals surface area (Å²) in [5.41, 5.74) is 5.58. The van der Waals surface area contributed by atoms with Crippen molar-refractivity contribution in [3.63, 3.8) is 0 Å². The molecule has 0 bridgehead atoms. The average molecular weight is 618 g/mol. The number of para-hydroxylation sites is 1. The molecule has 0 fully saturated rings. The topological polar surface area (TPSA) is 98.1 Å². The Labute approximate surface area is 270 Å². The summed E-state index contributed by atoms with van der Waals surface area (Å²) in [6, 6.07) is 20.8. The maximum Gasteiger partial charge on any atom is 0.323 e. The largest absolute Gasteiger partial charge is 0.489 e. The molecule has 0 radical (unpaired) electrons. The summed E-state index contributed by atoms with van der Waals surface area (Å²) >= 11 is 0. The molecule has 0 aliphatic rings. The smallest absolute Gasteiger partial charge is 0.323 e. The predicted molar refractivity (Wildman–Crippen MR) is 187 cm³/mol. The van der Waals surface area contributed by atoms with Crippen molar-refractivity contribution in [3.8, 4) is 16.9 Å². The van der Waals surface area contributed by atoms with Crippen molar-refractivity contribution in [1.29, 1.82) is 0 Å². The van der Waals surface area contributed by atoms with Crippen molar-refractivity contribution >= 4 is 28.4 Å². The van der Waals surface area contributed by atoms with Gasteiger partial charge in [0.2, 0.25) is 0 Å². The first kappa shape index (κ1) is 32.4. The number of fused-ring (bicyclic) bond motifs is 1. The second-order valence-electron chi connectivity index (χ2n) is 12.6. The number of aromatic nitrogens is 3. The number of urea groups is 1. The Morgan fingerprint density at radius 2 is 1.54 bits per heavy atom. The van der Waals surface area contributed by atoms with E-state index in [2.05, 4.69) is 62.1 Å². The van der Waals surface area contributed by atoms with Crippen LogP contribution in [-0.2, 0) is 13.2 Å². The molecule has 2 aromatic carbocycles. The number of hydrogen-bond acceptors (Lipinski definition) is 5. The number of pyridine rings is 3. The monoisotopic (exact) mass is 617 g/mol. The first-order valence-corrected chi connectivity index (χ1v) is 16.0. The van der Waals surface area contributed by atoms with E-state index < -0.39 is 6.03 Å². The lowest BCUT2D eigenvalue weighted by Crippen LogP contribution is -2.30. The van der Waals surface area contributed by atoms with Crippen molar-refractivity contribution in [2.75, 3.05) is 10.6 Å². The number of nitrogens with zero attached hydrogens (tertiary/aromatic N) is 3. The van der Waals surface area contributed by atoms with Crippen LogP contribution < -0.4 is 20.9 Å². The van der Waals surface area contributed by atoms with E-state index in [1.165, 1.54) is 0 Å². The molecule has 3 aromatic heterocycles. The highest BCUT2D eigenvalue weighted by Crippen LogP contribution is 2.36. The number of ether oxygens (including phenoxy) is 1. The highest BCUT2D eigenvalue weighted by atomic mass is 16.5. The van der Waals surface area contributed by atoms with Crippen molar-refractivity contribution < 1.29 is 9.53 Å². The molecule has 46 heavy (non-hydrogen) atoms. The van der Waals surface area contributed by atoms with E-state index in [4.69, 9.17) is 4.74 Å². The van der Waals surface area contributed by atoms with Crippen LogP contribution >= 0.6 is 0 Å². The lowest BCUT2D eigenvalue weighted by molar-refractivity contribution is 0.262. The van der Waals surface area contributed by atoms with Gasteiger partial charge in [0.15, 0.2) is 0 Å². The van der Waals surface area contributed by atoms with E-state index in [1.54, 1.807) is 23.2 Å². The lowest BCUT2D eigenvalue weighted by Gasteiger charge is -2.22. The summed E-state index contributed by atoms with van der Waals surface area (Å²) in [6.45, 7) is 13.5. The van der Waals surface area contributed by atoms with Gasteiger partial charge in [-0.3, -0.25) is 14.3 Å². The summed E-state index contributed by atoms with van der Waals surface area (Å²) in [7, 11) is 0. The van der Waals surface area contributed by atoms with Crippen LogP contribution in [0.2, 0.25) is 0 Å². The molecular formula is C38H43N5O3. The molecule has 238 valence electrons. The lowest BCUT2D eigenvalue weighted by atomic mass is 9.93. The summed E-state index contributed by atoms with van der Waals surface area (Å²) in [5.74, 6) is 1.39. The second-order valence-corrected chi connectivity index (χ2v) is 12.6. The van der Waals surface area contributed by atoms with Crippen LogP contribution in [0.15, 0.2) is 90.1 Å². The Bertz CT molecular complexity index is 1850. The van der Waals surface area contributed by atoms with Gasteiger partial charge in [0.1, 0.15) is 23.7 Å². The van der Waals surface area contributed by atoms with Gasteiger partial charge in [0, 0.05) is 47.3 Å². The molecule has 0 aliphatic carbocycles. The maximum absolute atomic E-state index is 14.4. The van der Waals surface area contributed by atoms with Crippen LogP contribution in [0.25, 0.3) is 22.2 Å². The molecule has 0 unspecified atom stereocenters. The van der Waals surface area contributed by atoms with Crippen LogP contribution in [0.3, 0.4) is 0 Å². The Morgan fingerprint density at radius 1 is 0.848 bits per heavy atom.